The van der Waals surface area contributed by atoms with E-state index in [4.69, 9.17) is 18.9 Å². The lowest BCUT2D eigenvalue weighted by Gasteiger charge is -2.16. The first-order valence-electron chi connectivity index (χ1n) is 12.5. The molecule has 0 unspecified atom stereocenters. The van der Waals surface area contributed by atoms with Gasteiger partial charge in [0.2, 0.25) is 0 Å². The summed E-state index contributed by atoms with van der Waals surface area (Å²) in [4.78, 5) is 17.7. The first-order chi connectivity index (χ1) is 18.7. The van der Waals surface area contributed by atoms with Crippen LogP contribution in [0.1, 0.15) is 16.8 Å². The highest BCUT2D eigenvalue weighted by Crippen LogP contribution is 2.32. The maximum atomic E-state index is 12.9. The Morgan fingerprint density at radius 2 is 1.47 bits per heavy atom. The molecular formula is C33H25NO4. The van der Waals surface area contributed by atoms with Gasteiger partial charge >= 0.3 is 0 Å². The van der Waals surface area contributed by atoms with Crippen LogP contribution in [0.25, 0.3) is 33.2 Å². The minimum Gasteiger partial charge on any atom is -0.488 e. The van der Waals surface area contributed by atoms with Crippen molar-refractivity contribution in [3.63, 3.8) is 0 Å². The number of rotatable bonds is 7. The van der Waals surface area contributed by atoms with Crippen LogP contribution in [0.5, 0.6) is 11.5 Å². The summed E-state index contributed by atoms with van der Waals surface area (Å²) in [5.74, 6) is 1.90. The first-order valence-corrected chi connectivity index (χ1v) is 12.5. The second-order valence-corrected chi connectivity index (χ2v) is 9.09. The quantitative estimate of drug-likeness (QED) is 0.228. The number of aromatic nitrogens is 1. The van der Waals surface area contributed by atoms with Crippen molar-refractivity contribution < 1.29 is 13.9 Å². The number of benzene rings is 4. The monoisotopic (exact) mass is 499 g/mol. The summed E-state index contributed by atoms with van der Waals surface area (Å²) in [5, 5.41) is 1.43. The van der Waals surface area contributed by atoms with Gasteiger partial charge in [0.05, 0.1) is 16.6 Å². The highest BCUT2D eigenvalue weighted by Gasteiger charge is 2.15. The second kappa shape index (κ2) is 10.2. The molecule has 0 radical (unpaired) electrons. The molecule has 2 aromatic heterocycles. The van der Waals surface area contributed by atoms with E-state index in [-0.39, 0.29) is 12.0 Å². The average molecular weight is 500 g/mol. The second-order valence-electron chi connectivity index (χ2n) is 9.09. The molecule has 5 heteroatoms. The topological polar surface area (TPSA) is 61.6 Å². The molecule has 0 fully saturated rings. The molecule has 0 atom stereocenters. The van der Waals surface area contributed by atoms with E-state index in [1.807, 2.05) is 97.9 Å². The van der Waals surface area contributed by atoms with E-state index in [2.05, 4.69) is 0 Å². The molecule has 5 nitrogen and oxygen atoms in total. The molecule has 0 aliphatic heterocycles. The number of para-hydroxylation sites is 1. The lowest BCUT2D eigenvalue weighted by molar-refractivity contribution is 0.292. The fourth-order valence-electron chi connectivity index (χ4n) is 4.50. The van der Waals surface area contributed by atoms with Gasteiger partial charge in [-0.25, -0.2) is 4.98 Å². The molecule has 0 amide bonds. The van der Waals surface area contributed by atoms with Gasteiger partial charge in [-0.1, -0.05) is 72.8 Å². The summed E-state index contributed by atoms with van der Waals surface area (Å²) in [6.07, 6.45) is 0. The Bertz CT molecular complexity index is 1790. The molecule has 4 aromatic carbocycles. The molecule has 6 aromatic rings. The van der Waals surface area contributed by atoms with Gasteiger partial charge in [0, 0.05) is 22.6 Å². The zero-order valence-electron chi connectivity index (χ0n) is 20.9. The third kappa shape index (κ3) is 4.74. The molecule has 186 valence electrons. The lowest BCUT2D eigenvalue weighted by Crippen LogP contribution is -2.06. The predicted octanol–water partition coefficient (Wildman–Crippen LogP) is 7.47. The Balaban J connectivity index is 1.28. The maximum absolute atomic E-state index is 12.9. The zero-order valence-corrected chi connectivity index (χ0v) is 20.9. The van der Waals surface area contributed by atoms with Crippen LogP contribution < -0.4 is 14.9 Å². The normalized spacial score (nSPS) is 11.1. The summed E-state index contributed by atoms with van der Waals surface area (Å²) >= 11 is 0. The third-order valence-corrected chi connectivity index (χ3v) is 6.54. The summed E-state index contributed by atoms with van der Waals surface area (Å²) < 4.78 is 18.4. The van der Waals surface area contributed by atoms with Crippen molar-refractivity contribution in [2.45, 2.75) is 20.1 Å². The first kappa shape index (κ1) is 23.5. The Morgan fingerprint density at radius 3 is 2.29 bits per heavy atom. The van der Waals surface area contributed by atoms with E-state index in [0.29, 0.717) is 29.1 Å². The zero-order chi connectivity index (χ0) is 25.9. The molecule has 0 spiro atoms. The van der Waals surface area contributed by atoms with Crippen LogP contribution in [0.3, 0.4) is 0 Å². The van der Waals surface area contributed by atoms with Crippen molar-refractivity contribution in [3.8, 4) is 22.8 Å². The molecule has 0 aliphatic rings. The Morgan fingerprint density at radius 1 is 0.737 bits per heavy atom. The highest BCUT2D eigenvalue weighted by atomic mass is 16.5. The van der Waals surface area contributed by atoms with Gasteiger partial charge in [-0.2, -0.15) is 0 Å². The van der Waals surface area contributed by atoms with Crippen molar-refractivity contribution >= 4 is 21.9 Å². The van der Waals surface area contributed by atoms with Gasteiger partial charge in [-0.05, 0) is 42.8 Å². The fourth-order valence-corrected chi connectivity index (χ4v) is 4.50. The molecule has 0 saturated heterocycles. The maximum Gasteiger partial charge on any atom is 0.193 e. The molecule has 2 heterocycles. The van der Waals surface area contributed by atoms with Crippen LogP contribution in [-0.2, 0) is 13.2 Å². The highest BCUT2D eigenvalue weighted by molar-refractivity contribution is 5.86. The van der Waals surface area contributed by atoms with Crippen LogP contribution in [0, 0.1) is 6.92 Å². The lowest BCUT2D eigenvalue weighted by atomic mass is 10.1. The van der Waals surface area contributed by atoms with Gasteiger partial charge in [0.1, 0.15) is 36.1 Å². The van der Waals surface area contributed by atoms with Gasteiger partial charge in [0.15, 0.2) is 5.43 Å². The summed E-state index contributed by atoms with van der Waals surface area (Å²) in [6.45, 7) is 2.69. The summed E-state index contributed by atoms with van der Waals surface area (Å²) in [7, 11) is 0. The van der Waals surface area contributed by atoms with E-state index < -0.39 is 0 Å². The number of hydrogen-bond acceptors (Lipinski definition) is 5. The largest absolute Gasteiger partial charge is 0.488 e. The van der Waals surface area contributed by atoms with E-state index in [1.54, 1.807) is 12.1 Å². The van der Waals surface area contributed by atoms with Crippen molar-refractivity contribution in [2.75, 3.05) is 0 Å². The van der Waals surface area contributed by atoms with E-state index >= 15 is 0 Å². The molecular weight excluding hydrogens is 474 g/mol. The Hall–Kier alpha value is -4.90. The number of ether oxygens (including phenoxy) is 2. The molecule has 0 saturated carbocycles. The number of fused-ring (bicyclic) bond motifs is 2. The van der Waals surface area contributed by atoms with Crippen LogP contribution in [0.2, 0.25) is 0 Å². The number of hydrogen-bond donors (Lipinski definition) is 0. The average Bonchev–Trinajstić information content (AvgIpc) is 2.97. The third-order valence-electron chi connectivity index (χ3n) is 6.54. The number of pyridine rings is 1. The van der Waals surface area contributed by atoms with Gasteiger partial charge in [-0.3, -0.25) is 4.79 Å². The molecule has 0 N–H and O–H groups in total. The van der Waals surface area contributed by atoms with Crippen molar-refractivity contribution in [2.24, 2.45) is 0 Å². The van der Waals surface area contributed by atoms with E-state index in [1.165, 1.54) is 6.07 Å². The smallest absolute Gasteiger partial charge is 0.193 e. The van der Waals surface area contributed by atoms with Crippen LogP contribution in [0.15, 0.2) is 118 Å². The van der Waals surface area contributed by atoms with Crippen molar-refractivity contribution in [1.82, 2.24) is 4.98 Å². The van der Waals surface area contributed by atoms with Crippen LogP contribution >= 0.6 is 0 Å². The van der Waals surface area contributed by atoms with Crippen molar-refractivity contribution in [1.29, 1.82) is 0 Å². The fraction of sp³-hybridized carbons (Fsp3) is 0.0909. The standard InChI is InChI=1S/C33H25NO4/c1-22-29(34-28-15-9-8-14-26(28)33(22)37-20-23-10-4-2-5-11-23)21-36-25-16-17-31-27(18-25)30(35)19-32(38-31)24-12-6-3-7-13-24/h2-19H,20-21H2,1H3. The van der Waals surface area contributed by atoms with Crippen LogP contribution in [0.4, 0.5) is 0 Å². The van der Waals surface area contributed by atoms with Gasteiger partial charge in [0.25, 0.3) is 0 Å². The summed E-state index contributed by atoms with van der Waals surface area (Å²) in [6, 6.07) is 34.4. The molecule has 0 bridgehead atoms. The number of nitrogens with zero attached hydrogens (tertiary/aromatic N) is 1. The summed E-state index contributed by atoms with van der Waals surface area (Å²) in [5.41, 5.74) is 4.89. The van der Waals surface area contributed by atoms with Gasteiger partial charge < -0.3 is 13.9 Å². The van der Waals surface area contributed by atoms with Crippen molar-refractivity contribution in [3.05, 3.63) is 136 Å². The predicted molar refractivity (Wildman–Crippen MR) is 150 cm³/mol. The Labute approximate surface area is 219 Å². The van der Waals surface area contributed by atoms with E-state index in [9.17, 15) is 4.79 Å². The minimum absolute atomic E-state index is 0.118. The molecule has 38 heavy (non-hydrogen) atoms. The SMILES string of the molecule is Cc1c(COc2ccc3oc(-c4ccccc4)cc(=O)c3c2)nc2ccccc2c1OCc1ccccc1. The van der Waals surface area contributed by atoms with Gasteiger partial charge in [-0.15, -0.1) is 0 Å². The Kier molecular flexibility index (Phi) is 6.32. The van der Waals surface area contributed by atoms with E-state index in [0.717, 1.165) is 39.0 Å². The molecule has 0 aliphatic carbocycles. The minimum atomic E-state index is -0.118. The molecule has 6 rings (SSSR count). The van der Waals surface area contributed by atoms with Crippen LogP contribution in [-0.4, -0.2) is 4.98 Å².